The lowest BCUT2D eigenvalue weighted by molar-refractivity contribution is -0.137. The Balaban J connectivity index is 2.08. The van der Waals surface area contributed by atoms with Crippen molar-refractivity contribution in [3.8, 4) is 0 Å². The van der Waals surface area contributed by atoms with Crippen LogP contribution < -0.4 is 0 Å². The molecular weight excluding hydrogens is 314 g/mol. The number of halogens is 1. The third kappa shape index (κ3) is 3.04. The van der Waals surface area contributed by atoms with Crippen molar-refractivity contribution in [2.24, 2.45) is 0 Å². The average Bonchev–Trinajstić information content (AvgIpc) is 2.38. The van der Waals surface area contributed by atoms with E-state index in [-0.39, 0.29) is 18.5 Å². The van der Waals surface area contributed by atoms with Gasteiger partial charge >= 0.3 is 6.09 Å². The van der Waals surface area contributed by atoms with Gasteiger partial charge < -0.3 is 10.0 Å². The number of pyridine rings is 1. The molecule has 1 saturated heterocycles. The van der Waals surface area contributed by atoms with E-state index < -0.39 is 6.09 Å². The lowest BCUT2D eigenvalue weighted by Gasteiger charge is -2.36. The van der Waals surface area contributed by atoms with Crippen LogP contribution in [0.2, 0.25) is 0 Å². The van der Waals surface area contributed by atoms with Gasteiger partial charge in [-0.3, -0.25) is 14.7 Å². The fourth-order valence-electron chi connectivity index (χ4n) is 2.05. The molecule has 0 bridgehead atoms. The second-order valence-electron chi connectivity index (χ2n) is 4.37. The number of carboxylic acid groups (broad SMARTS) is 1. The molecule has 1 aliphatic rings. The first kappa shape index (κ1) is 13.8. The van der Waals surface area contributed by atoms with Gasteiger partial charge in [0, 0.05) is 23.8 Å². The Labute approximate surface area is 119 Å². The van der Waals surface area contributed by atoms with Crippen LogP contribution in [0.5, 0.6) is 0 Å². The summed E-state index contributed by atoms with van der Waals surface area (Å²) in [5, 5.41) is 8.87. The van der Waals surface area contributed by atoms with Crippen LogP contribution in [0.25, 0.3) is 0 Å². The summed E-state index contributed by atoms with van der Waals surface area (Å²) in [5.41, 5.74) is 0.792. The molecule has 1 aromatic heterocycles. The first-order valence-corrected chi connectivity index (χ1v) is 6.67. The van der Waals surface area contributed by atoms with Crippen molar-refractivity contribution in [3.63, 3.8) is 0 Å². The Hall–Kier alpha value is -1.63. The number of hydrogen-bond donors (Lipinski definition) is 1. The van der Waals surface area contributed by atoms with Crippen molar-refractivity contribution in [1.82, 2.24) is 14.8 Å². The fraction of sp³-hybridized carbons (Fsp3) is 0.417. The van der Waals surface area contributed by atoms with E-state index in [0.29, 0.717) is 13.1 Å². The zero-order chi connectivity index (χ0) is 14.0. The molecule has 19 heavy (non-hydrogen) atoms. The molecule has 0 spiro atoms. The maximum atomic E-state index is 12.0. The van der Waals surface area contributed by atoms with Gasteiger partial charge in [0.2, 0.25) is 5.91 Å². The minimum atomic E-state index is -1.05. The van der Waals surface area contributed by atoms with Crippen molar-refractivity contribution in [2.45, 2.75) is 13.0 Å². The maximum absolute atomic E-state index is 12.0. The van der Waals surface area contributed by atoms with Crippen molar-refractivity contribution < 1.29 is 14.7 Å². The largest absolute Gasteiger partial charge is 0.465 e. The van der Waals surface area contributed by atoms with Gasteiger partial charge in [0.1, 0.15) is 6.54 Å². The van der Waals surface area contributed by atoms with E-state index in [1.54, 1.807) is 11.1 Å². The highest BCUT2D eigenvalue weighted by atomic mass is 79.9. The van der Waals surface area contributed by atoms with E-state index in [4.69, 9.17) is 5.11 Å². The van der Waals surface area contributed by atoms with Crippen molar-refractivity contribution in [1.29, 1.82) is 0 Å². The first-order chi connectivity index (χ1) is 8.99. The van der Waals surface area contributed by atoms with E-state index in [9.17, 15) is 9.59 Å². The summed E-state index contributed by atoms with van der Waals surface area (Å²) in [6.07, 6.45) is 0.631. The van der Waals surface area contributed by atoms with Crippen LogP contribution in [0, 0.1) is 0 Å². The van der Waals surface area contributed by atoms with Crippen LogP contribution in [0.1, 0.15) is 18.7 Å². The van der Waals surface area contributed by atoms with Gasteiger partial charge in [-0.25, -0.2) is 4.79 Å². The molecule has 2 rings (SSSR count). The Morgan fingerprint density at radius 3 is 2.74 bits per heavy atom. The molecule has 1 N–H and O–H groups in total. The second kappa shape index (κ2) is 5.56. The molecule has 0 radical (unpaired) electrons. The van der Waals surface area contributed by atoms with Crippen LogP contribution in [0.4, 0.5) is 4.79 Å². The van der Waals surface area contributed by atoms with Gasteiger partial charge in [-0.15, -0.1) is 0 Å². The van der Waals surface area contributed by atoms with Crippen molar-refractivity contribution in [3.05, 3.63) is 28.5 Å². The van der Waals surface area contributed by atoms with E-state index in [2.05, 4.69) is 20.9 Å². The lowest BCUT2D eigenvalue weighted by atomic mass is 10.1. The topological polar surface area (TPSA) is 73.7 Å². The molecular formula is C12H14BrN3O3. The second-order valence-corrected chi connectivity index (χ2v) is 5.28. The van der Waals surface area contributed by atoms with Crippen LogP contribution in [-0.2, 0) is 4.79 Å². The van der Waals surface area contributed by atoms with Crippen LogP contribution in [-0.4, -0.2) is 51.5 Å². The molecule has 2 heterocycles. The number of nitrogens with zero attached hydrogens (tertiary/aromatic N) is 3. The predicted octanol–water partition coefficient (Wildman–Crippen LogP) is 1.73. The molecule has 1 aliphatic heterocycles. The third-order valence-electron chi connectivity index (χ3n) is 3.17. The Morgan fingerprint density at radius 1 is 1.47 bits per heavy atom. The van der Waals surface area contributed by atoms with E-state index in [0.717, 1.165) is 15.1 Å². The molecule has 1 aromatic rings. The van der Waals surface area contributed by atoms with Gasteiger partial charge in [-0.1, -0.05) is 0 Å². The Bertz CT molecular complexity index is 491. The normalized spacial score (nSPS) is 17.5. The average molecular weight is 328 g/mol. The number of piperazine rings is 1. The minimum Gasteiger partial charge on any atom is -0.465 e. The summed E-state index contributed by atoms with van der Waals surface area (Å²) >= 11 is 3.31. The molecule has 0 unspecified atom stereocenters. The fourth-order valence-corrected chi connectivity index (χ4v) is 2.29. The highest BCUT2D eigenvalue weighted by Crippen LogP contribution is 2.21. The molecule has 2 amide bonds. The third-order valence-corrected chi connectivity index (χ3v) is 3.64. The van der Waals surface area contributed by atoms with Crippen molar-refractivity contribution >= 4 is 27.9 Å². The molecule has 1 fully saturated rings. The highest BCUT2D eigenvalue weighted by molar-refractivity contribution is 9.10. The van der Waals surface area contributed by atoms with E-state index in [1.165, 1.54) is 0 Å². The standard InChI is InChI=1S/C12H14BrN3O3/c1-8(10-3-2-9(13)6-14-10)16-5-4-15(12(18)19)7-11(16)17/h2-3,6,8H,4-5,7H2,1H3,(H,18,19)/t8-/m1/s1. The molecule has 7 heteroatoms. The number of hydrogen-bond acceptors (Lipinski definition) is 3. The number of carbonyl (C=O) groups excluding carboxylic acids is 1. The quantitative estimate of drug-likeness (QED) is 0.897. The summed E-state index contributed by atoms with van der Waals surface area (Å²) < 4.78 is 0.880. The molecule has 6 nitrogen and oxygen atoms in total. The summed E-state index contributed by atoms with van der Waals surface area (Å²) in [6, 6.07) is 3.57. The summed E-state index contributed by atoms with van der Waals surface area (Å²) in [7, 11) is 0. The molecule has 1 atom stereocenters. The van der Waals surface area contributed by atoms with Crippen LogP contribution in [0.15, 0.2) is 22.8 Å². The van der Waals surface area contributed by atoms with Gasteiger partial charge in [-0.2, -0.15) is 0 Å². The Kier molecular flexibility index (Phi) is 4.04. The SMILES string of the molecule is C[C@H](c1ccc(Br)cn1)N1CCN(C(=O)O)CC1=O. The summed E-state index contributed by atoms with van der Waals surface area (Å²) in [4.78, 5) is 29.9. The van der Waals surface area contributed by atoms with E-state index >= 15 is 0 Å². The molecule has 102 valence electrons. The molecule has 0 saturated carbocycles. The first-order valence-electron chi connectivity index (χ1n) is 5.88. The molecule has 0 aliphatic carbocycles. The van der Waals surface area contributed by atoms with Crippen molar-refractivity contribution in [2.75, 3.05) is 19.6 Å². The number of amides is 2. The van der Waals surface area contributed by atoms with Crippen LogP contribution in [0.3, 0.4) is 0 Å². The minimum absolute atomic E-state index is 0.0871. The molecule has 0 aromatic carbocycles. The van der Waals surface area contributed by atoms with E-state index in [1.807, 2.05) is 19.1 Å². The summed E-state index contributed by atoms with van der Waals surface area (Å²) in [6.45, 7) is 2.53. The monoisotopic (exact) mass is 327 g/mol. The maximum Gasteiger partial charge on any atom is 0.407 e. The highest BCUT2D eigenvalue weighted by Gasteiger charge is 2.30. The summed E-state index contributed by atoms with van der Waals surface area (Å²) in [5.74, 6) is -0.189. The van der Waals surface area contributed by atoms with Gasteiger partial charge in [0.15, 0.2) is 0 Å². The number of rotatable bonds is 2. The number of carbonyl (C=O) groups is 2. The van der Waals surface area contributed by atoms with Crippen LogP contribution >= 0.6 is 15.9 Å². The number of aromatic nitrogens is 1. The lowest BCUT2D eigenvalue weighted by Crippen LogP contribution is -2.52. The Morgan fingerprint density at radius 2 is 2.21 bits per heavy atom. The predicted molar refractivity (Wildman–Crippen MR) is 71.7 cm³/mol. The van der Waals surface area contributed by atoms with Gasteiger partial charge in [-0.05, 0) is 35.0 Å². The zero-order valence-electron chi connectivity index (χ0n) is 10.4. The van der Waals surface area contributed by atoms with Gasteiger partial charge in [0.25, 0.3) is 0 Å². The van der Waals surface area contributed by atoms with Gasteiger partial charge in [0.05, 0.1) is 11.7 Å². The zero-order valence-corrected chi connectivity index (χ0v) is 12.0. The smallest absolute Gasteiger partial charge is 0.407 e.